The Kier molecular flexibility index (Phi) is 3.22. The number of urea groups is 1. The number of hydrogen-bond acceptors (Lipinski definition) is 3. The van der Waals surface area contributed by atoms with Gasteiger partial charge in [0.2, 0.25) is 0 Å². The van der Waals surface area contributed by atoms with E-state index in [9.17, 15) is 9.59 Å². The largest absolute Gasteiger partial charge is 0.329 e. The van der Waals surface area contributed by atoms with Crippen LogP contribution in [0.25, 0.3) is 0 Å². The summed E-state index contributed by atoms with van der Waals surface area (Å²) < 4.78 is 0. The van der Waals surface area contributed by atoms with Gasteiger partial charge < -0.3 is 11.1 Å². The average molecular weight is 273 g/mol. The van der Waals surface area contributed by atoms with Gasteiger partial charge in [0, 0.05) is 6.54 Å². The number of rotatable bonds is 2. The molecule has 1 aromatic rings. The second-order valence-electron chi connectivity index (χ2n) is 5.59. The van der Waals surface area contributed by atoms with Gasteiger partial charge >= 0.3 is 6.03 Å². The molecule has 3 amide bonds. The van der Waals surface area contributed by atoms with Gasteiger partial charge in [-0.05, 0) is 30.5 Å². The molecular formula is C15H19N3O2. The average Bonchev–Trinajstić information content (AvgIpc) is 2.71. The summed E-state index contributed by atoms with van der Waals surface area (Å²) in [6, 6.07) is 6.98. The van der Waals surface area contributed by atoms with E-state index < -0.39 is 5.54 Å². The highest BCUT2D eigenvalue weighted by Gasteiger charge is 2.51. The van der Waals surface area contributed by atoms with Crippen molar-refractivity contribution >= 4 is 17.6 Å². The summed E-state index contributed by atoms with van der Waals surface area (Å²) in [5, 5.41) is 2.91. The minimum absolute atomic E-state index is 0.114. The van der Waals surface area contributed by atoms with Crippen molar-refractivity contribution in [2.75, 3.05) is 4.90 Å². The van der Waals surface area contributed by atoms with E-state index in [0.717, 1.165) is 37.7 Å². The number of carbonyl (C=O) groups excluding carboxylic acids is 2. The van der Waals surface area contributed by atoms with Crippen molar-refractivity contribution in [1.29, 1.82) is 0 Å². The number of anilines is 1. The number of imide groups is 1. The number of nitrogens with one attached hydrogen (secondary N) is 1. The van der Waals surface area contributed by atoms with E-state index in [4.69, 9.17) is 5.73 Å². The van der Waals surface area contributed by atoms with Crippen molar-refractivity contribution in [1.82, 2.24) is 5.32 Å². The third-order valence-electron chi connectivity index (χ3n) is 4.27. The number of benzene rings is 1. The smallest absolute Gasteiger partial charge is 0.326 e. The van der Waals surface area contributed by atoms with Gasteiger partial charge in [-0.15, -0.1) is 0 Å². The first-order valence-electron chi connectivity index (χ1n) is 7.12. The highest BCUT2D eigenvalue weighted by atomic mass is 16.2. The molecule has 1 saturated carbocycles. The van der Waals surface area contributed by atoms with Gasteiger partial charge in [-0.25, -0.2) is 9.69 Å². The molecule has 1 spiro atoms. The van der Waals surface area contributed by atoms with Crippen LogP contribution in [-0.2, 0) is 11.3 Å². The zero-order valence-electron chi connectivity index (χ0n) is 11.4. The third kappa shape index (κ3) is 1.98. The van der Waals surface area contributed by atoms with Crippen LogP contribution in [0.4, 0.5) is 10.5 Å². The molecule has 0 bridgehead atoms. The van der Waals surface area contributed by atoms with Crippen LogP contribution in [0.3, 0.4) is 0 Å². The third-order valence-corrected chi connectivity index (χ3v) is 4.27. The minimum Gasteiger partial charge on any atom is -0.326 e. The zero-order chi connectivity index (χ0) is 14.2. The fourth-order valence-corrected chi connectivity index (χ4v) is 3.17. The molecule has 1 aliphatic heterocycles. The van der Waals surface area contributed by atoms with Crippen LogP contribution >= 0.6 is 0 Å². The van der Waals surface area contributed by atoms with Gasteiger partial charge in [-0.3, -0.25) is 4.79 Å². The summed E-state index contributed by atoms with van der Waals surface area (Å²) in [5.41, 5.74) is 6.47. The zero-order valence-corrected chi connectivity index (χ0v) is 11.4. The lowest BCUT2D eigenvalue weighted by Gasteiger charge is -2.30. The molecule has 106 valence electrons. The first kappa shape index (κ1) is 13.1. The highest BCUT2D eigenvalue weighted by Crippen LogP contribution is 2.35. The Balaban J connectivity index is 1.93. The molecule has 0 radical (unpaired) electrons. The first-order valence-corrected chi connectivity index (χ1v) is 7.12. The van der Waals surface area contributed by atoms with Crippen molar-refractivity contribution in [2.24, 2.45) is 5.73 Å². The molecule has 1 heterocycles. The highest BCUT2D eigenvalue weighted by molar-refractivity contribution is 6.23. The summed E-state index contributed by atoms with van der Waals surface area (Å²) in [4.78, 5) is 26.2. The van der Waals surface area contributed by atoms with E-state index >= 15 is 0 Å². The number of nitrogens with two attached hydrogens (primary N) is 1. The predicted octanol–water partition coefficient (Wildman–Crippen LogP) is 1.90. The maximum absolute atomic E-state index is 12.7. The number of carbonyl (C=O) groups is 2. The molecule has 1 aliphatic carbocycles. The molecule has 5 nitrogen and oxygen atoms in total. The molecule has 1 saturated heterocycles. The lowest BCUT2D eigenvalue weighted by Crippen LogP contribution is -2.48. The summed E-state index contributed by atoms with van der Waals surface area (Å²) in [6.07, 6.45) is 4.59. The van der Waals surface area contributed by atoms with Crippen molar-refractivity contribution in [3.8, 4) is 0 Å². The van der Waals surface area contributed by atoms with Crippen LogP contribution in [0.1, 0.15) is 37.7 Å². The van der Waals surface area contributed by atoms with Crippen molar-refractivity contribution in [2.45, 2.75) is 44.2 Å². The molecule has 0 unspecified atom stereocenters. The SMILES string of the molecule is NCc1cccc(N2C(=O)NC3(CCCCC3)C2=O)c1. The Morgan fingerprint density at radius 3 is 2.65 bits per heavy atom. The Morgan fingerprint density at radius 2 is 1.95 bits per heavy atom. The van der Waals surface area contributed by atoms with Gasteiger partial charge in [0.05, 0.1) is 5.69 Å². The van der Waals surface area contributed by atoms with Gasteiger partial charge in [0.25, 0.3) is 5.91 Å². The predicted molar refractivity (Wildman–Crippen MR) is 76.2 cm³/mol. The van der Waals surface area contributed by atoms with E-state index in [1.165, 1.54) is 4.90 Å². The van der Waals surface area contributed by atoms with Crippen molar-refractivity contribution in [3.05, 3.63) is 29.8 Å². The second-order valence-corrected chi connectivity index (χ2v) is 5.59. The summed E-state index contributed by atoms with van der Waals surface area (Å²) >= 11 is 0. The van der Waals surface area contributed by atoms with E-state index in [2.05, 4.69) is 5.32 Å². The van der Waals surface area contributed by atoms with Crippen LogP contribution in [-0.4, -0.2) is 17.5 Å². The number of hydrogen-bond donors (Lipinski definition) is 2. The molecule has 0 aromatic heterocycles. The van der Waals surface area contributed by atoms with Crippen LogP contribution in [0.2, 0.25) is 0 Å². The summed E-state index contributed by atoms with van der Waals surface area (Å²) in [6.45, 7) is 0.392. The van der Waals surface area contributed by atoms with Gasteiger partial charge in [0.1, 0.15) is 5.54 Å². The summed E-state index contributed by atoms with van der Waals surface area (Å²) in [5.74, 6) is -0.114. The fourth-order valence-electron chi connectivity index (χ4n) is 3.17. The van der Waals surface area contributed by atoms with E-state index in [1.807, 2.05) is 12.1 Å². The number of nitrogens with zero attached hydrogens (tertiary/aromatic N) is 1. The first-order chi connectivity index (χ1) is 9.66. The monoisotopic (exact) mass is 273 g/mol. The molecule has 3 N–H and O–H groups in total. The molecule has 5 heteroatoms. The minimum atomic E-state index is -0.673. The molecule has 20 heavy (non-hydrogen) atoms. The Labute approximate surface area is 118 Å². The lowest BCUT2D eigenvalue weighted by molar-refractivity contribution is -0.123. The van der Waals surface area contributed by atoms with E-state index in [1.54, 1.807) is 12.1 Å². The van der Waals surface area contributed by atoms with Gasteiger partial charge in [-0.1, -0.05) is 31.4 Å². The Hall–Kier alpha value is -1.88. The normalized spacial score (nSPS) is 21.4. The maximum Gasteiger partial charge on any atom is 0.329 e. The molecule has 3 rings (SSSR count). The molecular weight excluding hydrogens is 254 g/mol. The molecule has 2 fully saturated rings. The summed E-state index contributed by atoms with van der Waals surface area (Å²) in [7, 11) is 0. The van der Waals surface area contributed by atoms with Crippen LogP contribution in [0.15, 0.2) is 24.3 Å². The topological polar surface area (TPSA) is 75.4 Å². The van der Waals surface area contributed by atoms with Gasteiger partial charge in [0.15, 0.2) is 0 Å². The van der Waals surface area contributed by atoms with Crippen molar-refractivity contribution in [3.63, 3.8) is 0 Å². The van der Waals surface area contributed by atoms with E-state index in [0.29, 0.717) is 12.2 Å². The Bertz CT molecular complexity index is 550. The second kappa shape index (κ2) is 4.90. The van der Waals surface area contributed by atoms with Crippen LogP contribution in [0.5, 0.6) is 0 Å². The standard InChI is InChI=1S/C15H19N3O2/c16-10-11-5-4-6-12(9-11)18-13(19)15(17-14(18)20)7-2-1-3-8-15/h4-6,9H,1-3,7-8,10,16H2,(H,17,20). The maximum atomic E-state index is 12.7. The molecule has 0 atom stereocenters. The van der Waals surface area contributed by atoms with E-state index in [-0.39, 0.29) is 11.9 Å². The van der Waals surface area contributed by atoms with Crippen molar-refractivity contribution < 1.29 is 9.59 Å². The molecule has 2 aliphatic rings. The van der Waals surface area contributed by atoms with Gasteiger partial charge in [-0.2, -0.15) is 0 Å². The van der Waals surface area contributed by atoms with Crippen LogP contribution < -0.4 is 16.0 Å². The lowest BCUT2D eigenvalue weighted by atomic mass is 9.81. The quantitative estimate of drug-likeness (QED) is 0.808. The fraction of sp³-hybridized carbons (Fsp3) is 0.467. The van der Waals surface area contributed by atoms with Crippen LogP contribution in [0, 0.1) is 0 Å². The number of amides is 3. The Morgan fingerprint density at radius 1 is 1.20 bits per heavy atom. The molecule has 1 aromatic carbocycles.